The summed E-state index contributed by atoms with van der Waals surface area (Å²) in [7, 11) is 0. The molecule has 2 nitrogen and oxygen atoms in total. The highest BCUT2D eigenvalue weighted by Gasteiger charge is 2.03. The van der Waals surface area contributed by atoms with Crippen LogP contribution in [-0.2, 0) is 0 Å². The van der Waals surface area contributed by atoms with E-state index in [1.54, 1.807) is 6.07 Å². The molecular formula is C12H10ClNO. The van der Waals surface area contributed by atoms with Gasteiger partial charge in [-0.2, -0.15) is 0 Å². The summed E-state index contributed by atoms with van der Waals surface area (Å²) in [6, 6.07) is 9.29. The maximum atomic E-state index is 10.8. The van der Waals surface area contributed by atoms with E-state index in [1.807, 2.05) is 42.0 Å². The van der Waals surface area contributed by atoms with E-state index in [2.05, 4.69) is 0 Å². The first-order chi connectivity index (χ1) is 7.22. The first-order valence-electron chi connectivity index (χ1n) is 4.61. The number of carbonyl (C=O) groups excluding carboxylic acids is 1. The second-order valence-corrected chi connectivity index (χ2v) is 3.76. The van der Waals surface area contributed by atoms with Gasteiger partial charge in [0.25, 0.3) is 0 Å². The van der Waals surface area contributed by atoms with Gasteiger partial charge in [0.05, 0.1) is 5.69 Å². The lowest BCUT2D eigenvalue weighted by molar-refractivity contribution is 0.111. The van der Waals surface area contributed by atoms with Crippen molar-refractivity contribution in [1.82, 2.24) is 4.57 Å². The van der Waals surface area contributed by atoms with Crippen LogP contribution in [-0.4, -0.2) is 10.9 Å². The highest BCUT2D eigenvalue weighted by atomic mass is 35.5. The van der Waals surface area contributed by atoms with E-state index in [4.69, 9.17) is 11.6 Å². The van der Waals surface area contributed by atoms with Gasteiger partial charge >= 0.3 is 0 Å². The fourth-order valence-electron chi connectivity index (χ4n) is 1.50. The number of halogens is 1. The Kier molecular flexibility index (Phi) is 2.60. The van der Waals surface area contributed by atoms with Crippen molar-refractivity contribution in [2.24, 2.45) is 0 Å². The summed E-state index contributed by atoms with van der Waals surface area (Å²) >= 11 is 5.94. The highest BCUT2D eigenvalue weighted by Crippen LogP contribution is 2.19. The van der Waals surface area contributed by atoms with Gasteiger partial charge in [-0.25, -0.2) is 0 Å². The Morgan fingerprint density at radius 2 is 2.13 bits per heavy atom. The van der Waals surface area contributed by atoms with Gasteiger partial charge < -0.3 is 4.57 Å². The number of hydrogen-bond donors (Lipinski definition) is 0. The Labute approximate surface area is 93.1 Å². The first kappa shape index (κ1) is 9.99. The van der Waals surface area contributed by atoms with Crippen molar-refractivity contribution in [3.05, 3.63) is 52.8 Å². The molecule has 1 aromatic carbocycles. The van der Waals surface area contributed by atoms with Crippen LogP contribution < -0.4 is 0 Å². The molecule has 0 radical (unpaired) electrons. The molecule has 0 saturated carbocycles. The minimum absolute atomic E-state index is 0.636. The first-order valence-corrected chi connectivity index (χ1v) is 4.99. The molecule has 0 aliphatic carbocycles. The van der Waals surface area contributed by atoms with Crippen LogP contribution in [0.25, 0.3) is 5.69 Å². The van der Waals surface area contributed by atoms with Gasteiger partial charge in [-0.15, -0.1) is 0 Å². The summed E-state index contributed by atoms with van der Waals surface area (Å²) in [6.45, 7) is 1.94. The predicted molar refractivity (Wildman–Crippen MR) is 60.9 cm³/mol. The van der Waals surface area contributed by atoms with Gasteiger partial charge in [-0.1, -0.05) is 11.6 Å². The minimum atomic E-state index is 0.636. The molecule has 3 heteroatoms. The van der Waals surface area contributed by atoms with Gasteiger partial charge in [0.15, 0.2) is 6.29 Å². The molecule has 0 aliphatic rings. The Bertz CT molecular complexity index is 502. The molecule has 2 rings (SSSR count). The maximum absolute atomic E-state index is 10.8. The van der Waals surface area contributed by atoms with Crippen molar-refractivity contribution in [1.29, 1.82) is 0 Å². The molecule has 0 fully saturated rings. The molecule has 0 bridgehead atoms. The second-order valence-electron chi connectivity index (χ2n) is 3.35. The Morgan fingerprint density at radius 3 is 2.80 bits per heavy atom. The largest absolute Gasteiger partial charge is 0.314 e. The number of aromatic nitrogens is 1. The number of hydrogen-bond acceptors (Lipinski definition) is 1. The number of rotatable bonds is 2. The highest BCUT2D eigenvalue weighted by molar-refractivity contribution is 6.31. The Hall–Kier alpha value is -1.54. The number of benzene rings is 1. The number of aryl methyl sites for hydroxylation is 1. The average Bonchev–Trinajstić information content (AvgIpc) is 2.70. The topological polar surface area (TPSA) is 22.0 Å². The van der Waals surface area contributed by atoms with Crippen LogP contribution in [0.5, 0.6) is 0 Å². The van der Waals surface area contributed by atoms with E-state index in [0.717, 1.165) is 22.6 Å². The normalized spacial score (nSPS) is 10.3. The van der Waals surface area contributed by atoms with Crippen LogP contribution in [0.2, 0.25) is 5.02 Å². The van der Waals surface area contributed by atoms with E-state index in [9.17, 15) is 4.79 Å². The van der Waals surface area contributed by atoms with Crippen LogP contribution >= 0.6 is 11.6 Å². The monoisotopic (exact) mass is 219 g/mol. The van der Waals surface area contributed by atoms with Gasteiger partial charge in [-0.3, -0.25) is 4.79 Å². The molecule has 15 heavy (non-hydrogen) atoms. The van der Waals surface area contributed by atoms with Gasteiger partial charge in [0.2, 0.25) is 0 Å². The molecule has 0 amide bonds. The molecule has 0 spiro atoms. The minimum Gasteiger partial charge on any atom is -0.314 e. The third kappa shape index (κ3) is 1.81. The molecule has 0 unspecified atom stereocenters. The Balaban J connectivity index is 2.54. The molecule has 0 saturated heterocycles. The zero-order valence-electron chi connectivity index (χ0n) is 8.27. The van der Waals surface area contributed by atoms with Crippen LogP contribution in [0.1, 0.15) is 16.1 Å². The zero-order valence-corrected chi connectivity index (χ0v) is 9.03. The van der Waals surface area contributed by atoms with Crippen molar-refractivity contribution >= 4 is 17.9 Å². The van der Waals surface area contributed by atoms with Crippen LogP contribution in [0.3, 0.4) is 0 Å². The smallest absolute Gasteiger partial charge is 0.166 e. The lowest BCUT2D eigenvalue weighted by atomic mass is 10.2. The summed E-state index contributed by atoms with van der Waals surface area (Å²) in [5.74, 6) is 0. The van der Waals surface area contributed by atoms with Gasteiger partial charge in [-0.05, 0) is 42.8 Å². The quantitative estimate of drug-likeness (QED) is 0.711. The molecule has 0 aliphatic heterocycles. The van der Waals surface area contributed by atoms with E-state index in [1.165, 1.54) is 0 Å². The van der Waals surface area contributed by atoms with Gasteiger partial charge in [0, 0.05) is 16.9 Å². The standard InChI is InChI=1S/C12H10ClNO/c1-9-7-10(4-5-12(9)13)14-6-2-3-11(14)8-15/h2-8H,1H3. The summed E-state index contributed by atoms with van der Waals surface area (Å²) in [5.41, 5.74) is 2.58. The fourth-order valence-corrected chi connectivity index (χ4v) is 1.62. The molecule has 0 N–H and O–H groups in total. The number of carbonyl (C=O) groups is 1. The van der Waals surface area contributed by atoms with E-state index in [-0.39, 0.29) is 0 Å². The lowest BCUT2D eigenvalue weighted by Gasteiger charge is -2.07. The van der Waals surface area contributed by atoms with Crippen molar-refractivity contribution in [2.75, 3.05) is 0 Å². The lowest BCUT2D eigenvalue weighted by Crippen LogP contribution is -1.97. The van der Waals surface area contributed by atoms with E-state index >= 15 is 0 Å². The summed E-state index contributed by atoms with van der Waals surface area (Å²) in [6.07, 6.45) is 2.69. The molecule has 76 valence electrons. The SMILES string of the molecule is Cc1cc(-n2cccc2C=O)ccc1Cl. The molecule has 2 aromatic rings. The second kappa shape index (κ2) is 3.91. The summed E-state index contributed by atoms with van der Waals surface area (Å²) < 4.78 is 1.83. The van der Waals surface area contributed by atoms with Crippen LogP contribution in [0.4, 0.5) is 0 Å². The predicted octanol–water partition coefficient (Wildman–Crippen LogP) is 3.25. The third-order valence-electron chi connectivity index (χ3n) is 2.32. The van der Waals surface area contributed by atoms with Crippen molar-refractivity contribution in [3.63, 3.8) is 0 Å². The van der Waals surface area contributed by atoms with Crippen LogP contribution in [0, 0.1) is 6.92 Å². The zero-order chi connectivity index (χ0) is 10.8. The number of nitrogens with zero attached hydrogens (tertiary/aromatic N) is 1. The Morgan fingerprint density at radius 1 is 1.33 bits per heavy atom. The van der Waals surface area contributed by atoms with Crippen molar-refractivity contribution in [2.45, 2.75) is 6.92 Å². The third-order valence-corrected chi connectivity index (χ3v) is 2.74. The van der Waals surface area contributed by atoms with E-state index in [0.29, 0.717) is 5.69 Å². The molecular weight excluding hydrogens is 210 g/mol. The van der Waals surface area contributed by atoms with E-state index < -0.39 is 0 Å². The summed E-state index contributed by atoms with van der Waals surface area (Å²) in [5, 5.41) is 0.735. The molecule has 1 heterocycles. The molecule has 1 aromatic heterocycles. The van der Waals surface area contributed by atoms with Gasteiger partial charge in [0.1, 0.15) is 0 Å². The van der Waals surface area contributed by atoms with Crippen molar-refractivity contribution < 1.29 is 4.79 Å². The summed E-state index contributed by atoms with van der Waals surface area (Å²) in [4.78, 5) is 10.8. The fraction of sp³-hybridized carbons (Fsp3) is 0.0833. The maximum Gasteiger partial charge on any atom is 0.166 e. The molecule has 0 atom stereocenters. The van der Waals surface area contributed by atoms with Crippen LogP contribution in [0.15, 0.2) is 36.5 Å². The van der Waals surface area contributed by atoms with Crippen molar-refractivity contribution in [3.8, 4) is 5.69 Å². The average molecular weight is 220 g/mol. The number of aldehydes is 1.